The summed E-state index contributed by atoms with van der Waals surface area (Å²) in [6.45, 7) is -1.16. The van der Waals surface area contributed by atoms with Crippen LogP contribution >= 0.6 is 0 Å². The minimum absolute atomic E-state index is 0.0410. The van der Waals surface area contributed by atoms with E-state index in [0.717, 1.165) is 32.1 Å². The number of ether oxygens (including phenoxy) is 1. The third-order valence-electron chi connectivity index (χ3n) is 6.55. The zero-order chi connectivity index (χ0) is 24.0. The summed E-state index contributed by atoms with van der Waals surface area (Å²) in [4.78, 5) is 8.75. The molecule has 5 rings (SSSR count). The third-order valence-corrected chi connectivity index (χ3v) is 8.10. The fourth-order valence-electron chi connectivity index (χ4n) is 4.39. The lowest BCUT2D eigenvalue weighted by Crippen LogP contribution is -2.34. The van der Waals surface area contributed by atoms with Crippen LogP contribution in [0.4, 0.5) is 8.78 Å². The Kier molecular flexibility index (Phi) is 5.73. The SMILES string of the molecule is C[C@H](NS(=O)(=O)c1ccc(-c2c(C#N)c3cc(OC(F)F)cnc3n2C2CCC2)nc1)C1CC1. The Morgan fingerprint density at radius 2 is 1.97 bits per heavy atom. The first-order chi connectivity index (χ1) is 16.3. The number of hydrogen-bond donors (Lipinski definition) is 1. The van der Waals surface area contributed by atoms with Crippen LogP contribution in [-0.4, -0.2) is 35.6 Å². The summed E-state index contributed by atoms with van der Waals surface area (Å²) >= 11 is 0. The van der Waals surface area contributed by atoms with Gasteiger partial charge in [-0.1, -0.05) is 0 Å². The second-order valence-electron chi connectivity index (χ2n) is 8.84. The summed E-state index contributed by atoms with van der Waals surface area (Å²) < 4.78 is 60.0. The molecule has 1 N–H and O–H groups in total. The Bertz CT molecular complexity index is 1370. The van der Waals surface area contributed by atoms with E-state index in [2.05, 4.69) is 25.5 Å². The quantitative estimate of drug-likeness (QED) is 0.505. The molecule has 3 aromatic rings. The number of nitriles is 1. The van der Waals surface area contributed by atoms with Crippen molar-refractivity contribution in [1.82, 2.24) is 19.3 Å². The van der Waals surface area contributed by atoms with E-state index in [-0.39, 0.29) is 28.3 Å². The number of sulfonamides is 1. The topological polar surface area (TPSA) is 110 Å². The second kappa shape index (κ2) is 8.60. The Labute approximate surface area is 195 Å². The van der Waals surface area contributed by atoms with E-state index in [1.54, 1.807) is 6.07 Å². The molecule has 178 valence electrons. The first kappa shape index (κ1) is 22.7. The van der Waals surface area contributed by atoms with Gasteiger partial charge in [0.25, 0.3) is 0 Å². The maximum atomic E-state index is 12.7. The van der Waals surface area contributed by atoms with Gasteiger partial charge in [0.05, 0.1) is 23.1 Å². The number of pyridine rings is 2. The minimum Gasteiger partial charge on any atom is -0.433 e. The number of hydrogen-bond acceptors (Lipinski definition) is 6. The highest BCUT2D eigenvalue weighted by Gasteiger charge is 2.32. The van der Waals surface area contributed by atoms with E-state index in [4.69, 9.17) is 0 Å². The molecule has 11 heteroatoms. The van der Waals surface area contributed by atoms with Crippen molar-refractivity contribution in [3.63, 3.8) is 0 Å². The highest BCUT2D eigenvalue weighted by Crippen LogP contribution is 2.42. The predicted molar refractivity (Wildman–Crippen MR) is 120 cm³/mol. The Hall–Kier alpha value is -3.10. The van der Waals surface area contributed by atoms with Crippen LogP contribution in [0.3, 0.4) is 0 Å². The third kappa shape index (κ3) is 4.12. The van der Waals surface area contributed by atoms with Gasteiger partial charge in [0, 0.05) is 23.7 Å². The summed E-state index contributed by atoms with van der Waals surface area (Å²) in [7, 11) is -3.73. The van der Waals surface area contributed by atoms with Gasteiger partial charge in [0.1, 0.15) is 22.4 Å². The average Bonchev–Trinajstić information content (AvgIpc) is 3.56. The molecule has 0 amide bonds. The molecule has 0 saturated heterocycles. The van der Waals surface area contributed by atoms with E-state index in [1.165, 1.54) is 24.5 Å². The number of rotatable bonds is 8. The minimum atomic E-state index is -3.73. The zero-order valence-corrected chi connectivity index (χ0v) is 19.2. The first-order valence-corrected chi connectivity index (χ1v) is 12.6. The smallest absolute Gasteiger partial charge is 0.387 e. The lowest BCUT2D eigenvalue weighted by atomic mass is 9.92. The first-order valence-electron chi connectivity index (χ1n) is 11.2. The van der Waals surface area contributed by atoms with Gasteiger partial charge >= 0.3 is 6.61 Å². The Morgan fingerprint density at radius 3 is 2.53 bits per heavy atom. The average molecular weight is 488 g/mol. The van der Waals surface area contributed by atoms with Gasteiger partial charge in [0.2, 0.25) is 10.0 Å². The predicted octanol–water partition coefficient (Wildman–Crippen LogP) is 4.37. The molecule has 2 aliphatic rings. The van der Waals surface area contributed by atoms with Crippen LogP contribution in [-0.2, 0) is 10.0 Å². The van der Waals surface area contributed by atoms with E-state index < -0.39 is 16.6 Å². The standard InChI is InChI=1S/C23H23F2N5O3S/c1-13(14-5-6-14)29-34(31,32)17-7-8-20(27-12-17)21-19(10-26)18-9-16(33-23(24)25)11-28-22(18)30(21)15-3-2-4-15/h7-9,11-15,23,29H,2-6H2,1H3/t13-/m0/s1. The molecule has 3 aromatic heterocycles. The number of halogens is 2. The number of fused-ring (bicyclic) bond motifs is 1. The van der Waals surface area contributed by atoms with Crippen molar-refractivity contribution in [2.45, 2.75) is 62.6 Å². The van der Waals surface area contributed by atoms with Crippen LogP contribution in [0.25, 0.3) is 22.4 Å². The van der Waals surface area contributed by atoms with Gasteiger partial charge in [-0.2, -0.15) is 14.0 Å². The van der Waals surface area contributed by atoms with Crippen LogP contribution in [0.15, 0.2) is 35.5 Å². The number of nitrogens with one attached hydrogen (secondary N) is 1. The van der Waals surface area contributed by atoms with Crippen LogP contribution in [0, 0.1) is 17.2 Å². The van der Waals surface area contributed by atoms with Crippen molar-refractivity contribution in [3.8, 4) is 23.2 Å². The van der Waals surface area contributed by atoms with Gasteiger partial charge < -0.3 is 9.30 Å². The molecule has 0 spiro atoms. The van der Waals surface area contributed by atoms with Crippen molar-refractivity contribution >= 4 is 21.1 Å². The molecular formula is C23H23F2N5O3S. The summed E-state index contributed by atoms with van der Waals surface area (Å²) in [5.41, 5.74) is 1.62. The van der Waals surface area contributed by atoms with Crippen LogP contribution < -0.4 is 9.46 Å². The summed E-state index contributed by atoms with van der Waals surface area (Å²) in [6.07, 6.45) is 7.31. The number of nitrogens with zero attached hydrogens (tertiary/aromatic N) is 4. The molecule has 3 heterocycles. The maximum Gasteiger partial charge on any atom is 0.387 e. The molecule has 0 unspecified atom stereocenters. The molecule has 0 aliphatic heterocycles. The number of alkyl halides is 2. The summed E-state index contributed by atoms with van der Waals surface area (Å²) in [5.74, 6) is 0.228. The van der Waals surface area contributed by atoms with Gasteiger partial charge in [-0.3, -0.25) is 4.98 Å². The Balaban J connectivity index is 1.57. The molecule has 34 heavy (non-hydrogen) atoms. The molecule has 2 saturated carbocycles. The maximum absolute atomic E-state index is 12.7. The highest BCUT2D eigenvalue weighted by atomic mass is 32.2. The molecule has 2 aliphatic carbocycles. The van der Waals surface area contributed by atoms with Crippen LogP contribution in [0.2, 0.25) is 0 Å². The lowest BCUT2D eigenvalue weighted by molar-refractivity contribution is -0.0499. The van der Waals surface area contributed by atoms with Gasteiger partial charge in [-0.25, -0.2) is 18.1 Å². The monoisotopic (exact) mass is 487 g/mol. The van der Waals surface area contributed by atoms with E-state index in [0.29, 0.717) is 28.3 Å². The normalized spacial score (nSPS) is 17.5. The largest absolute Gasteiger partial charge is 0.433 e. The summed E-state index contributed by atoms with van der Waals surface area (Å²) in [6, 6.07) is 6.51. The van der Waals surface area contributed by atoms with Crippen molar-refractivity contribution in [2.75, 3.05) is 0 Å². The highest BCUT2D eigenvalue weighted by molar-refractivity contribution is 7.89. The van der Waals surface area contributed by atoms with Crippen molar-refractivity contribution in [3.05, 3.63) is 36.2 Å². The van der Waals surface area contributed by atoms with E-state index in [9.17, 15) is 22.5 Å². The lowest BCUT2D eigenvalue weighted by Gasteiger charge is -2.29. The number of aromatic nitrogens is 3. The van der Waals surface area contributed by atoms with E-state index >= 15 is 0 Å². The molecule has 8 nitrogen and oxygen atoms in total. The van der Waals surface area contributed by atoms with E-state index in [1.807, 2.05) is 11.5 Å². The molecular weight excluding hydrogens is 464 g/mol. The van der Waals surface area contributed by atoms with Crippen LogP contribution in [0.5, 0.6) is 5.75 Å². The van der Waals surface area contributed by atoms with Crippen molar-refractivity contribution in [2.24, 2.45) is 5.92 Å². The van der Waals surface area contributed by atoms with Gasteiger partial charge in [-0.05, 0) is 63.1 Å². The Morgan fingerprint density at radius 1 is 1.21 bits per heavy atom. The molecule has 1 atom stereocenters. The van der Waals surface area contributed by atoms with Crippen molar-refractivity contribution < 1.29 is 21.9 Å². The zero-order valence-electron chi connectivity index (χ0n) is 18.4. The molecule has 2 fully saturated rings. The fraction of sp³-hybridized carbons (Fsp3) is 0.435. The van der Waals surface area contributed by atoms with Gasteiger partial charge in [-0.15, -0.1) is 0 Å². The van der Waals surface area contributed by atoms with Crippen LogP contribution in [0.1, 0.15) is 50.6 Å². The summed E-state index contributed by atoms with van der Waals surface area (Å²) in [5, 5.41) is 10.4. The molecule has 0 radical (unpaired) electrons. The molecule has 0 aromatic carbocycles. The van der Waals surface area contributed by atoms with Crippen molar-refractivity contribution in [1.29, 1.82) is 5.26 Å². The molecule has 0 bridgehead atoms. The van der Waals surface area contributed by atoms with Gasteiger partial charge in [0.15, 0.2) is 0 Å². The second-order valence-corrected chi connectivity index (χ2v) is 10.6. The fourth-order valence-corrected chi connectivity index (χ4v) is 5.64.